The highest BCUT2D eigenvalue weighted by atomic mass is 16.5. The highest BCUT2D eigenvalue weighted by Crippen LogP contribution is 2.42. The summed E-state index contributed by atoms with van der Waals surface area (Å²) in [6.45, 7) is 4.60. The van der Waals surface area contributed by atoms with E-state index in [9.17, 15) is 4.79 Å². The third-order valence-corrected chi connectivity index (χ3v) is 8.13. The average Bonchev–Trinajstić information content (AvgIpc) is 2.70. The molecule has 0 aliphatic heterocycles. The van der Waals surface area contributed by atoms with Crippen LogP contribution in [0.1, 0.15) is 117 Å². The lowest BCUT2D eigenvalue weighted by Gasteiger charge is -2.38. The number of carbonyl (C=O) groups excluding carboxylic acids is 1. The Kier molecular flexibility index (Phi) is 8.52. The molecule has 0 unspecified atom stereocenters. The lowest BCUT2D eigenvalue weighted by atomic mass is 9.70. The SMILES string of the molecule is CCCC1CCC([C@H]2CC[C@H](OC(=O)[C@H]3CC[C@H](CCC)CC3)CC2)CC1. The van der Waals surface area contributed by atoms with Crippen molar-refractivity contribution >= 4 is 5.97 Å². The molecule has 3 rings (SSSR count). The second-order valence-electron chi connectivity index (χ2n) is 10.0. The van der Waals surface area contributed by atoms with Crippen LogP contribution in [-0.2, 0) is 9.53 Å². The summed E-state index contributed by atoms with van der Waals surface area (Å²) in [5.41, 5.74) is 0. The summed E-state index contributed by atoms with van der Waals surface area (Å²) in [6, 6.07) is 0. The van der Waals surface area contributed by atoms with Gasteiger partial charge < -0.3 is 4.74 Å². The van der Waals surface area contributed by atoms with Crippen molar-refractivity contribution in [1.82, 2.24) is 0 Å². The predicted octanol–water partition coefficient (Wildman–Crippen LogP) is 7.30. The van der Waals surface area contributed by atoms with E-state index < -0.39 is 0 Å². The van der Waals surface area contributed by atoms with Gasteiger partial charge >= 0.3 is 5.97 Å². The Morgan fingerprint density at radius 2 is 1.11 bits per heavy atom. The van der Waals surface area contributed by atoms with Gasteiger partial charge in [0, 0.05) is 0 Å². The monoisotopic (exact) mass is 376 g/mol. The van der Waals surface area contributed by atoms with Crippen molar-refractivity contribution in [2.75, 3.05) is 0 Å². The standard InChI is InChI=1S/C25H44O2/c1-3-5-19-7-11-21(12-8-19)22-15-17-24(18-16-22)27-25(26)23-13-9-20(6-4-2)10-14-23/h19-24H,3-18H2,1-2H3/t19?,20-,21?,22-,23-,24-. The normalized spacial score (nSPS) is 37.7. The molecule has 0 bridgehead atoms. The summed E-state index contributed by atoms with van der Waals surface area (Å²) in [5, 5.41) is 0. The number of carbonyl (C=O) groups is 1. The number of ether oxygens (including phenoxy) is 1. The fraction of sp³-hybridized carbons (Fsp3) is 0.960. The zero-order valence-corrected chi connectivity index (χ0v) is 18.1. The first kappa shape index (κ1) is 21.2. The van der Waals surface area contributed by atoms with Gasteiger partial charge in [0.05, 0.1) is 5.92 Å². The maximum Gasteiger partial charge on any atom is 0.309 e. The maximum absolute atomic E-state index is 12.6. The molecule has 0 spiro atoms. The van der Waals surface area contributed by atoms with Gasteiger partial charge in [-0.2, -0.15) is 0 Å². The van der Waals surface area contributed by atoms with Crippen molar-refractivity contribution in [1.29, 1.82) is 0 Å². The molecule has 0 amide bonds. The van der Waals surface area contributed by atoms with Gasteiger partial charge in [0.2, 0.25) is 0 Å². The fourth-order valence-corrected chi connectivity index (χ4v) is 6.39. The second-order valence-corrected chi connectivity index (χ2v) is 10.0. The molecule has 27 heavy (non-hydrogen) atoms. The quantitative estimate of drug-likeness (QED) is 0.436. The molecule has 2 heteroatoms. The lowest BCUT2D eigenvalue weighted by Crippen LogP contribution is -2.32. The largest absolute Gasteiger partial charge is 0.462 e. The Morgan fingerprint density at radius 1 is 0.667 bits per heavy atom. The van der Waals surface area contributed by atoms with Crippen molar-refractivity contribution in [2.45, 2.75) is 123 Å². The van der Waals surface area contributed by atoms with Crippen LogP contribution in [0, 0.1) is 29.6 Å². The highest BCUT2D eigenvalue weighted by Gasteiger charge is 2.33. The minimum absolute atomic E-state index is 0.133. The molecule has 3 aliphatic rings. The third-order valence-electron chi connectivity index (χ3n) is 8.13. The van der Waals surface area contributed by atoms with E-state index in [-0.39, 0.29) is 18.0 Å². The molecule has 3 saturated carbocycles. The molecule has 0 radical (unpaired) electrons. The average molecular weight is 377 g/mol. The molecule has 0 N–H and O–H groups in total. The smallest absolute Gasteiger partial charge is 0.309 e. The molecule has 156 valence electrons. The zero-order chi connectivity index (χ0) is 19.1. The van der Waals surface area contributed by atoms with E-state index in [1.165, 1.54) is 77.0 Å². The maximum atomic E-state index is 12.6. The van der Waals surface area contributed by atoms with Crippen LogP contribution in [0.3, 0.4) is 0 Å². The van der Waals surface area contributed by atoms with E-state index in [1.807, 2.05) is 0 Å². The Bertz CT molecular complexity index is 422. The van der Waals surface area contributed by atoms with Crippen LogP contribution in [0.4, 0.5) is 0 Å². The number of hydrogen-bond acceptors (Lipinski definition) is 2. The van der Waals surface area contributed by atoms with Gasteiger partial charge in [0.1, 0.15) is 6.10 Å². The second kappa shape index (κ2) is 10.9. The Labute approximate surface area is 168 Å². The van der Waals surface area contributed by atoms with E-state index >= 15 is 0 Å². The summed E-state index contributed by atoms with van der Waals surface area (Å²) in [4.78, 5) is 12.6. The van der Waals surface area contributed by atoms with Gasteiger partial charge in [0.15, 0.2) is 0 Å². The van der Waals surface area contributed by atoms with E-state index in [0.717, 1.165) is 49.4 Å². The summed E-state index contributed by atoms with van der Waals surface area (Å²) in [6.07, 6.45) is 20.9. The van der Waals surface area contributed by atoms with Crippen molar-refractivity contribution in [3.63, 3.8) is 0 Å². The highest BCUT2D eigenvalue weighted by molar-refractivity contribution is 5.72. The van der Waals surface area contributed by atoms with Crippen molar-refractivity contribution in [3.8, 4) is 0 Å². The molecule has 2 nitrogen and oxygen atoms in total. The Hall–Kier alpha value is -0.530. The van der Waals surface area contributed by atoms with Crippen LogP contribution in [0.5, 0.6) is 0 Å². The van der Waals surface area contributed by atoms with Crippen LogP contribution < -0.4 is 0 Å². The lowest BCUT2D eigenvalue weighted by molar-refractivity contribution is -0.157. The molecular weight excluding hydrogens is 332 g/mol. The molecule has 0 atom stereocenters. The Balaban J connectivity index is 1.33. The van der Waals surface area contributed by atoms with Gasteiger partial charge in [-0.3, -0.25) is 4.79 Å². The van der Waals surface area contributed by atoms with Crippen molar-refractivity contribution < 1.29 is 9.53 Å². The van der Waals surface area contributed by atoms with Gasteiger partial charge in [-0.25, -0.2) is 0 Å². The zero-order valence-electron chi connectivity index (χ0n) is 18.1. The summed E-state index contributed by atoms with van der Waals surface area (Å²) in [5.74, 6) is 4.08. The van der Waals surface area contributed by atoms with Gasteiger partial charge in [-0.1, -0.05) is 52.4 Å². The van der Waals surface area contributed by atoms with Gasteiger partial charge in [-0.15, -0.1) is 0 Å². The van der Waals surface area contributed by atoms with Crippen LogP contribution in [0.15, 0.2) is 0 Å². The van der Waals surface area contributed by atoms with Crippen LogP contribution in [0.2, 0.25) is 0 Å². The topological polar surface area (TPSA) is 26.3 Å². The fourth-order valence-electron chi connectivity index (χ4n) is 6.39. The van der Waals surface area contributed by atoms with Crippen molar-refractivity contribution in [2.24, 2.45) is 29.6 Å². The van der Waals surface area contributed by atoms with Gasteiger partial charge in [0.25, 0.3) is 0 Å². The molecule has 0 aromatic carbocycles. The predicted molar refractivity (Wildman–Crippen MR) is 113 cm³/mol. The summed E-state index contributed by atoms with van der Waals surface area (Å²) in [7, 11) is 0. The summed E-state index contributed by atoms with van der Waals surface area (Å²) >= 11 is 0. The van der Waals surface area contributed by atoms with Crippen LogP contribution in [0.25, 0.3) is 0 Å². The third kappa shape index (κ3) is 6.23. The number of hydrogen-bond donors (Lipinski definition) is 0. The van der Waals surface area contributed by atoms with Crippen molar-refractivity contribution in [3.05, 3.63) is 0 Å². The van der Waals surface area contributed by atoms with E-state index in [4.69, 9.17) is 4.74 Å². The first-order chi connectivity index (χ1) is 13.2. The Morgan fingerprint density at radius 3 is 1.59 bits per heavy atom. The molecular formula is C25H44O2. The van der Waals surface area contributed by atoms with E-state index in [1.54, 1.807) is 0 Å². The first-order valence-electron chi connectivity index (χ1n) is 12.4. The first-order valence-corrected chi connectivity index (χ1v) is 12.4. The molecule has 0 heterocycles. The minimum atomic E-state index is 0.133. The molecule has 3 aliphatic carbocycles. The molecule has 3 fully saturated rings. The minimum Gasteiger partial charge on any atom is -0.462 e. The van der Waals surface area contributed by atoms with Gasteiger partial charge in [-0.05, 0) is 87.9 Å². The van der Waals surface area contributed by atoms with E-state index in [0.29, 0.717) is 0 Å². The van der Waals surface area contributed by atoms with E-state index in [2.05, 4.69) is 13.8 Å². The molecule has 0 aromatic rings. The van der Waals surface area contributed by atoms with Crippen LogP contribution >= 0.6 is 0 Å². The number of rotatable bonds is 7. The van der Waals surface area contributed by atoms with Crippen LogP contribution in [-0.4, -0.2) is 12.1 Å². The summed E-state index contributed by atoms with van der Waals surface area (Å²) < 4.78 is 5.97. The molecule has 0 saturated heterocycles. The number of esters is 1. The molecule has 0 aromatic heterocycles.